The van der Waals surface area contributed by atoms with Gasteiger partial charge in [0.05, 0.1) is 0 Å². The fourth-order valence-electron chi connectivity index (χ4n) is 3.77. The molecule has 0 radical (unpaired) electrons. The normalized spacial score (nSPS) is 15.0. The second-order valence-corrected chi connectivity index (χ2v) is 8.08. The minimum Gasteiger partial charge on any atom is -0.302 e. The van der Waals surface area contributed by atoms with Crippen LogP contribution in [0.25, 0.3) is 0 Å². The Kier molecular flexibility index (Phi) is 5.26. The number of hydrogen-bond acceptors (Lipinski definition) is 2. The summed E-state index contributed by atoms with van der Waals surface area (Å²) in [7, 11) is 0. The van der Waals surface area contributed by atoms with Gasteiger partial charge in [-0.3, -0.25) is 9.59 Å². The number of Topliss-reactive ketones (excluding diaryl/α,β-unsaturated/α-hetero) is 1. The molecule has 0 heterocycles. The van der Waals surface area contributed by atoms with Crippen LogP contribution in [0.5, 0.6) is 0 Å². The summed E-state index contributed by atoms with van der Waals surface area (Å²) < 4.78 is 0. The molecule has 136 valence electrons. The number of hydrogen-bond donors (Lipinski definition) is 0. The topological polar surface area (TPSA) is 37.4 Å². The van der Waals surface area contributed by atoms with Crippen LogP contribution in [0.15, 0.2) is 54.6 Å². The van der Waals surface area contributed by atoms with Gasteiger partial charge in [0, 0.05) is 17.3 Å². The Bertz CT molecular complexity index is 783. The third kappa shape index (κ3) is 3.72. The highest BCUT2D eigenvalue weighted by Crippen LogP contribution is 2.36. The van der Waals surface area contributed by atoms with Crippen LogP contribution >= 0.6 is 0 Å². The number of carbonyl (C=O) groups excluding carboxylic acids is 2. The molecule has 2 aromatic rings. The molecule has 0 atom stereocenters. The number of rotatable bonds is 4. The first kappa shape index (κ1) is 18.4. The van der Waals surface area contributed by atoms with E-state index < -0.39 is 11.7 Å². The van der Waals surface area contributed by atoms with E-state index in [0.717, 1.165) is 36.9 Å². The molecular weight excluding hydrogens is 322 g/mol. The third-order valence-corrected chi connectivity index (χ3v) is 5.11. The summed E-state index contributed by atoms with van der Waals surface area (Å²) in [5.41, 5.74) is 2.32. The van der Waals surface area contributed by atoms with Crippen molar-refractivity contribution in [1.82, 2.24) is 0 Å². The van der Waals surface area contributed by atoms with Gasteiger partial charge in [0.25, 0.3) is 11.7 Å². The Hall–Kier alpha value is -2.42. The molecule has 3 nitrogen and oxygen atoms in total. The molecule has 0 bridgehead atoms. The van der Waals surface area contributed by atoms with E-state index in [1.807, 2.05) is 24.3 Å². The quantitative estimate of drug-likeness (QED) is 0.566. The molecule has 0 aliphatic heterocycles. The van der Waals surface area contributed by atoms with Gasteiger partial charge in [0.2, 0.25) is 0 Å². The van der Waals surface area contributed by atoms with Gasteiger partial charge in [0.1, 0.15) is 0 Å². The first-order chi connectivity index (χ1) is 12.4. The maximum atomic E-state index is 13.3. The minimum absolute atomic E-state index is 0.0960. The number of para-hydroxylation sites is 1. The summed E-state index contributed by atoms with van der Waals surface area (Å²) >= 11 is 0. The monoisotopic (exact) mass is 349 g/mol. The molecule has 2 aromatic carbocycles. The lowest BCUT2D eigenvalue weighted by molar-refractivity contribution is -0.115. The van der Waals surface area contributed by atoms with Crippen LogP contribution in [-0.2, 0) is 10.2 Å². The predicted molar refractivity (Wildman–Crippen MR) is 106 cm³/mol. The van der Waals surface area contributed by atoms with Crippen molar-refractivity contribution in [3.05, 3.63) is 65.7 Å². The second kappa shape index (κ2) is 7.45. The molecule has 26 heavy (non-hydrogen) atoms. The van der Waals surface area contributed by atoms with E-state index in [4.69, 9.17) is 0 Å². The Balaban J connectivity index is 2.05. The van der Waals surface area contributed by atoms with Gasteiger partial charge in [-0.1, -0.05) is 82.1 Å². The van der Waals surface area contributed by atoms with Crippen LogP contribution in [0, 0.1) is 0 Å². The Labute approximate surface area is 156 Å². The van der Waals surface area contributed by atoms with Gasteiger partial charge in [-0.05, 0) is 29.9 Å². The summed E-state index contributed by atoms with van der Waals surface area (Å²) in [6.07, 6.45) is 4.11. The molecular formula is C23H27NO2. The van der Waals surface area contributed by atoms with E-state index in [0.29, 0.717) is 5.56 Å². The summed E-state index contributed by atoms with van der Waals surface area (Å²) in [6.45, 7) is 6.42. The third-order valence-electron chi connectivity index (χ3n) is 5.11. The highest BCUT2D eigenvalue weighted by Gasteiger charge is 2.34. The summed E-state index contributed by atoms with van der Waals surface area (Å²) in [5, 5.41) is 0. The molecule has 3 heteroatoms. The lowest BCUT2D eigenvalue weighted by Crippen LogP contribution is -2.44. The van der Waals surface area contributed by atoms with Crippen LogP contribution in [0.1, 0.15) is 62.4 Å². The average molecular weight is 349 g/mol. The molecule has 0 N–H and O–H groups in total. The van der Waals surface area contributed by atoms with Crippen molar-refractivity contribution in [3.8, 4) is 0 Å². The SMILES string of the molecule is CC(C)(C)c1ccccc1N(C(=O)C(=O)c1ccccc1)C1CCCC1. The van der Waals surface area contributed by atoms with Gasteiger partial charge in [-0.15, -0.1) is 0 Å². The number of nitrogens with zero attached hydrogens (tertiary/aromatic N) is 1. The van der Waals surface area contributed by atoms with Crippen molar-refractivity contribution in [1.29, 1.82) is 0 Å². The van der Waals surface area contributed by atoms with Crippen LogP contribution in [-0.4, -0.2) is 17.7 Å². The molecule has 0 spiro atoms. The second-order valence-electron chi connectivity index (χ2n) is 8.08. The lowest BCUT2D eigenvalue weighted by atomic mass is 9.85. The first-order valence-corrected chi connectivity index (χ1v) is 9.42. The van der Waals surface area contributed by atoms with Crippen molar-refractivity contribution in [2.45, 2.75) is 57.9 Å². The fourth-order valence-corrected chi connectivity index (χ4v) is 3.77. The van der Waals surface area contributed by atoms with Crippen molar-refractivity contribution >= 4 is 17.4 Å². The van der Waals surface area contributed by atoms with Crippen molar-refractivity contribution < 1.29 is 9.59 Å². The molecule has 1 aliphatic carbocycles. The van der Waals surface area contributed by atoms with Gasteiger partial charge >= 0.3 is 0 Å². The largest absolute Gasteiger partial charge is 0.302 e. The van der Waals surface area contributed by atoms with E-state index in [9.17, 15) is 9.59 Å². The zero-order valence-corrected chi connectivity index (χ0v) is 15.9. The van der Waals surface area contributed by atoms with Gasteiger partial charge in [0.15, 0.2) is 0 Å². The van der Waals surface area contributed by atoms with Gasteiger partial charge < -0.3 is 4.90 Å². The summed E-state index contributed by atoms with van der Waals surface area (Å²) in [6, 6.07) is 17.0. The Morgan fingerprint density at radius 3 is 2.08 bits per heavy atom. The summed E-state index contributed by atoms with van der Waals surface area (Å²) in [4.78, 5) is 28.0. The molecule has 3 rings (SSSR count). The first-order valence-electron chi connectivity index (χ1n) is 9.42. The van der Waals surface area contributed by atoms with Crippen molar-refractivity contribution in [2.75, 3.05) is 4.90 Å². The molecule has 0 aromatic heterocycles. The molecule has 1 fully saturated rings. The van der Waals surface area contributed by atoms with E-state index >= 15 is 0 Å². The molecule has 1 saturated carbocycles. The fraction of sp³-hybridized carbons (Fsp3) is 0.391. The number of benzene rings is 2. The van der Waals surface area contributed by atoms with Crippen LogP contribution in [0.2, 0.25) is 0 Å². The van der Waals surface area contributed by atoms with Gasteiger partial charge in [-0.2, -0.15) is 0 Å². The maximum Gasteiger partial charge on any atom is 0.299 e. The number of amides is 1. The van der Waals surface area contributed by atoms with E-state index in [-0.39, 0.29) is 11.5 Å². The van der Waals surface area contributed by atoms with Crippen LogP contribution in [0.3, 0.4) is 0 Å². The molecule has 0 unspecified atom stereocenters. The number of ketones is 1. The summed E-state index contributed by atoms with van der Waals surface area (Å²) in [5.74, 6) is -0.846. The predicted octanol–water partition coefficient (Wildman–Crippen LogP) is 5.14. The van der Waals surface area contributed by atoms with Gasteiger partial charge in [-0.25, -0.2) is 0 Å². The zero-order chi connectivity index (χ0) is 18.7. The Morgan fingerprint density at radius 1 is 0.885 bits per heavy atom. The standard InChI is InChI=1S/C23H27NO2/c1-23(2,3)19-15-9-10-16-20(19)24(18-13-7-8-14-18)22(26)21(25)17-11-5-4-6-12-17/h4-6,9-12,15-16,18H,7-8,13-14H2,1-3H3. The highest BCUT2D eigenvalue weighted by molar-refractivity contribution is 6.47. The zero-order valence-electron chi connectivity index (χ0n) is 15.9. The van der Waals surface area contributed by atoms with Crippen LogP contribution in [0.4, 0.5) is 5.69 Å². The van der Waals surface area contributed by atoms with Crippen molar-refractivity contribution in [3.63, 3.8) is 0 Å². The van der Waals surface area contributed by atoms with E-state index in [2.05, 4.69) is 26.8 Å². The number of carbonyl (C=O) groups is 2. The number of anilines is 1. The van der Waals surface area contributed by atoms with Crippen LogP contribution < -0.4 is 4.90 Å². The Morgan fingerprint density at radius 2 is 1.46 bits per heavy atom. The average Bonchev–Trinajstić information content (AvgIpc) is 3.16. The maximum absolute atomic E-state index is 13.3. The minimum atomic E-state index is -0.429. The lowest BCUT2D eigenvalue weighted by Gasteiger charge is -2.33. The smallest absolute Gasteiger partial charge is 0.299 e. The molecule has 1 amide bonds. The molecule has 1 aliphatic rings. The van der Waals surface area contributed by atoms with E-state index in [1.165, 1.54) is 0 Å². The highest BCUT2D eigenvalue weighted by atomic mass is 16.2. The van der Waals surface area contributed by atoms with Crippen molar-refractivity contribution in [2.24, 2.45) is 0 Å². The molecule has 0 saturated heterocycles. The van der Waals surface area contributed by atoms with E-state index in [1.54, 1.807) is 29.2 Å².